The highest BCUT2D eigenvalue weighted by Crippen LogP contribution is 2.19. The Morgan fingerprint density at radius 2 is 1.78 bits per heavy atom. The van der Waals surface area contributed by atoms with Gasteiger partial charge in [0.25, 0.3) is 5.89 Å². The molecule has 0 saturated carbocycles. The van der Waals surface area contributed by atoms with Crippen molar-refractivity contribution in [1.82, 2.24) is 10.1 Å². The summed E-state index contributed by atoms with van der Waals surface area (Å²) >= 11 is 5.84. The third-order valence-electron chi connectivity index (χ3n) is 3.52. The van der Waals surface area contributed by atoms with E-state index >= 15 is 0 Å². The van der Waals surface area contributed by atoms with E-state index < -0.39 is 15.8 Å². The summed E-state index contributed by atoms with van der Waals surface area (Å²) in [5.41, 5.74) is 1.62. The van der Waals surface area contributed by atoms with Crippen LogP contribution < -0.4 is 0 Å². The van der Waals surface area contributed by atoms with Crippen LogP contribution in [0, 0.1) is 0 Å². The molecule has 0 saturated heterocycles. The molecule has 1 aromatic heterocycles. The second-order valence-electron chi connectivity index (χ2n) is 5.86. The van der Waals surface area contributed by atoms with E-state index in [4.69, 9.17) is 20.9 Å². The average Bonchev–Trinajstić information content (AvgIpc) is 3.08. The molecular weight excluding hydrogens is 392 g/mol. The monoisotopic (exact) mass is 406 g/mol. The Morgan fingerprint density at radius 3 is 2.41 bits per heavy atom. The predicted octanol–water partition coefficient (Wildman–Crippen LogP) is 3.29. The van der Waals surface area contributed by atoms with Gasteiger partial charge in [-0.05, 0) is 42.0 Å². The highest BCUT2D eigenvalue weighted by atomic mass is 35.5. The van der Waals surface area contributed by atoms with Gasteiger partial charge in [0.1, 0.15) is 0 Å². The van der Waals surface area contributed by atoms with E-state index in [0.717, 1.165) is 11.8 Å². The maximum absolute atomic E-state index is 12.1. The van der Waals surface area contributed by atoms with Crippen molar-refractivity contribution in [3.05, 3.63) is 70.6 Å². The largest absolute Gasteiger partial charge is 0.452 e. The zero-order valence-corrected chi connectivity index (χ0v) is 15.8. The van der Waals surface area contributed by atoms with Gasteiger partial charge in [-0.15, -0.1) is 0 Å². The first kappa shape index (κ1) is 19.1. The molecule has 0 aliphatic heterocycles. The minimum Gasteiger partial charge on any atom is -0.452 e. The highest BCUT2D eigenvalue weighted by Gasteiger charge is 2.13. The lowest BCUT2D eigenvalue weighted by molar-refractivity contribution is 0.0430. The second-order valence-corrected chi connectivity index (χ2v) is 8.44. The zero-order chi connectivity index (χ0) is 19.4. The summed E-state index contributed by atoms with van der Waals surface area (Å²) in [6.07, 6.45) is 1.15. The quantitative estimate of drug-likeness (QED) is 0.579. The number of hydrogen-bond donors (Lipinski definition) is 0. The first-order chi connectivity index (χ1) is 12.8. The molecule has 0 N–H and O–H groups in total. The molecule has 2 aromatic carbocycles. The van der Waals surface area contributed by atoms with Gasteiger partial charge in [-0.2, -0.15) is 4.98 Å². The number of carbonyl (C=O) groups excluding carboxylic acids is 1. The third kappa shape index (κ3) is 5.38. The Kier molecular flexibility index (Phi) is 5.57. The molecule has 0 bridgehead atoms. The summed E-state index contributed by atoms with van der Waals surface area (Å²) in [6.45, 7) is -0.176. The number of rotatable bonds is 6. The molecule has 0 spiro atoms. The van der Waals surface area contributed by atoms with E-state index in [1.165, 1.54) is 12.1 Å². The number of carbonyl (C=O) groups is 1. The Morgan fingerprint density at radius 1 is 1.11 bits per heavy atom. The van der Waals surface area contributed by atoms with Crippen LogP contribution in [0.25, 0.3) is 11.4 Å². The van der Waals surface area contributed by atoms with E-state index in [1.807, 2.05) is 0 Å². The van der Waals surface area contributed by atoms with Gasteiger partial charge in [-0.3, -0.25) is 0 Å². The van der Waals surface area contributed by atoms with Gasteiger partial charge in [0, 0.05) is 16.8 Å². The maximum Gasteiger partial charge on any atom is 0.338 e. The lowest BCUT2D eigenvalue weighted by Crippen LogP contribution is -2.06. The molecule has 0 aliphatic rings. The summed E-state index contributed by atoms with van der Waals surface area (Å²) in [7, 11) is -3.13. The number of hydrogen-bond acceptors (Lipinski definition) is 7. The minimum absolute atomic E-state index is 0.0855. The smallest absolute Gasteiger partial charge is 0.338 e. The fourth-order valence-corrected chi connectivity index (χ4v) is 3.20. The van der Waals surface area contributed by atoms with Crippen LogP contribution in [0.5, 0.6) is 0 Å². The van der Waals surface area contributed by atoms with Crippen LogP contribution in [0.15, 0.2) is 53.1 Å². The average molecular weight is 407 g/mol. The molecule has 9 heteroatoms. The number of halogens is 1. The van der Waals surface area contributed by atoms with E-state index in [0.29, 0.717) is 22.0 Å². The Hall–Kier alpha value is -2.71. The number of benzene rings is 2. The molecule has 0 aliphatic carbocycles. The lowest BCUT2D eigenvalue weighted by atomic mass is 10.1. The fraction of sp³-hybridized carbons (Fsp3) is 0.167. The molecule has 3 aromatic rings. The standard InChI is InChI=1S/C18H15ClN2O5S/c1-27(23,24)11-12-2-4-14(5-3-12)18(22)25-10-16-20-17(21-26-16)13-6-8-15(19)9-7-13/h2-9H,10-11H2,1H3. The summed E-state index contributed by atoms with van der Waals surface area (Å²) in [5.74, 6) is -0.144. The Balaban J connectivity index is 1.60. The van der Waals surface area contributed by atoms with Gasteiger partial charge in [0.15, 0.2) is 16.4 Å². The summed E-state index contributed by atoms with van der Waals surface area (Å²) in [5, 5.41) is 4.43. The maximum atomic E-state index is 12.1. The highest BCUT2D eigenvalue weighted by molar-refractivity contribution is 7.89. The van der Waals surface area contributed by atoms with Gasteiger partial charge in [0.2, 0.25) is 5.82 Å². The summed E-state index contributed by atoms with van der Waals surface area (Å²) in [6, 6.07) is 13.1. The summed E-state index contributed by atoms with van der Waals surface area (Å²) < 4.78 is 32.8. The normalized spacial score (nSPS) is 11.3. The van der Waals surface area contributed by atoms with Crippen LogP contribution in [0.4, 0.5) is 0 Å². The zero-order valence-electron chi connectivity index (χ0n) is 14.3. The van der Waals surface area contributed by atoms with Crippen LogP contribution in [0.2, 0.25) is 5.02 Å². The number of aromatic nitrogens is 2. The molecule has 0 amide bonds. The fourth-order valence-electron chi connectivity index (χ4n) is 2.28. The van der Waals surface area contributed by atoms with Crippen LogP contribution in [0.1, 0.15) is 21.8 Å². The van der Waals surface area contributed by atoms with Gasteiger partial charge >= 0.3 is 5.97 Å². The SMILES string of the molecule is CS(=O)(=O)Cc1ccc(C(=O)OCc2nc(-c3ccc(Cl)cc3)no2)cc1. The lowest BCUT2D eigenvalue weighted by Gasteiger charge is -2.03. The Labute approximate surface area is 160 Å². The number of ether oxygens (including phenoxy) is 1. The van der Waals surface area contributed by atoms with Crippen molar-refractivity contribution < 1.29 is 22.5 Å². The predicted molar refractivity (Wildman–Crippen MR) is 98.9 cm³/mol. The third-order valence-corrected chi connectivity index (χ3v) is 4.63. The molecular formula is C18H15ClN2O5S. The molecule has 0 atom stereocenters. The first-order valence-electron chi connectivity index (χ1n) is 7.82. The topological polar surface area (TPSA) is 99.4 Å². The van der Waals surface area contributed by atoms with Crippen molar-refractivity contribution in [3.8, 4) is 11.4 Å². The molecule has 0 unspecified atom stereocenters. The number of sulfone groups is 1. The van der Waals surface area contributed by atoms with Crippen molar-refractivity contribution >= 4 is 27.4 Å². The van der Waals surface area contributed by atoms with Crippen molar-refractivity contribution in [3.63, 3.8) is 0 Å². The Bertz CT molecular complexity index is 1040. The summed E-state index contributed by atoms with van der Waals surface area (Å²) in [4.78, 5) is 16.2. The van der Waals surface area contributed by atoms with Crippen molar-refractivity contribution in [2.24, 2.45) is 0 Å². The van der Waals surface area contributed by atoms with Gasteiger partial charge in [-0.1, -0.05) is 28.9 Å². The molecule has 0 fully saturated rings. The van der Waals surface area contributed by atoms with Crippen molar-refractivity contribution in [2.75, 3.05) is 6.26 Å². The van der Waals surface area contributed by atoms with E-state index in [-0.39, 0.29) is 18.3 Å². The van der Waals surface area contributed by atoms with Gasteiger partial charge in [-0.25, -0.2) is 13.2 Å². The molecule has 1 heterocycles. The minimum atomic E-state index is -3.13. The van der Waals surface area contributed by atoms with E-state index in [2.05, 4.69) is 10.1 Å². The number of esters is 1. The second kappa shape index (κ2) is 7.89. The van der Waals surface area contributed by atoms with Crippen molar-refractivity contribution in [2.45, 2.75) is 12.4 Å². The van der Waals surface area contributed by atoms with E-state index in [1.54, 1.807) is 36.4 Å². The van der Waals surface area contributed by atoms with Gasteiger partial charge < -0.3 is 9.26 Å². The van der Waals surface area contributed by atoms with Crippen LogP contribution >= 0.6 is 11.6 Å². The van der Waals surface area contributed by atoms with Gasteiger partial charge in [0.05, 0.1) is 11.3 Å². The molecule has 7 nitrogen and oxygen atoms in total. The molecule has 0 radical (unpaired) electrons. The first-order valence-corrected chi connectivity index (χ1v) is 10.3. The van der Waals surface area contributed by atoms with Crippen LogP contribution in [-0.4, -0.2) is 30.8 Å². The van der Waals surface area contributed by atoms with Crippen LogP contribution in [-0.2, 0) is 26.9 Å². The van der Waals surface area contributed by atoms with Crippen molar-refractivity contribution in [1.29, 1.82) is 0 Å². The molecule has 27 heavy (non-hydrogen) atoms. The molecule has 3 rings (SSSR count). The van der Waals surface area contributed by atoms with E-state index in [9.17, 15) is 13.2 Å². The van der Waals surface area contributed by atoms with Crippen LogP contribution in [0.3, 0.4) is 0 Å². The number of nitrogens with zero attached hydrogens (tertiary/aromatic N) is 2. The molecule has 140 valence electrons.